The molecule has 0 saturated heterocycles. The minimum atomic E-state index is -0.431. The van der Waals surface area contributed by atoms with Crippen LogP contribution in [0.5, 0.6) is 0 Å². The van der Waals surface area contributed by atoms with Gasteiger partial charge in [-0.05, 0) is 28.7 Å². The molecular formula is C8H3FIN3. The number of imidazole rings is 1. The van der Waals surface area contributed by atoms with Crippen molar-refractivity contribution in [1.82, 2.24) is 9.38 Å². The van der Waals surface area contributed by atoms with Crippen molar-refractivity contribution in [1.29, 1.82) is 5.26 Å². The number of fused-ring (bicyclic) bond motifs is 1. The molecule has 13 heavy (non-hydrogen) atoms. The van der Waals surface area contributed by atoms with Crippen molar-refractivity contribution in [3.05, 3.63) is 33.5 Å². The van der Waals surface area contributed by atoms with Crippen LogP contribution in [0.15, 0.2) is 18.5 Å². The summed E-state index contributed by atoms with van der Waals surface area (Å²) in [4.78, 5) is 4.00. The predicted octanol–water partition coefficient (Wildman–Crippen LogP) is 1.95. The third-order valence-electron chi connectivity index (χ3n) is 1.65. The molecule has 2 heterocycles. The summed E-state index contributed by atoms with van der Waals surface area (Å²) in [6, 6.07) is 3.08. The Morgan fingerprint density at radius 2 is 2.38 bits per heavy atom. The average molecular weight is 287 g/mol. The zero-order chi connectivity index (χ0) is 9.42. The fourth-order valence-corrected chi connectivity index (χ4v) is 1.61. The lowest BCUT2D eigenvalue weighted by molar-refractivity contribution is 0.618. The molecule has 0 fully saturated rings. The summed E-state index contributed by atoms with van der Waals surface area (Å²) in [7, 11) is 0. The zero-order valence-corrected chi connectivity index (χ0v) is 8.49. The van der Waals surface area contributed by atoms with Gasteiger partial charge in [0.15, 0.2) is 5.65 Å². The number of aromatic nitrogens is 2. The second-order valence-corrected chi connectivity index (χ2v) is 3.56. The van der Waals surface area contributed by atoms with E-state index in [1.165, 1.54) is 12.3 Å². The first-order valence-electron chi connectivity index (χ1n) is 3.44. The molecule has 0 aliphatic heterocycles. The van der Waals surface area contributed by atoms with Crippen LogP contribution in [0.25, 0.3) is 5.65 Å². The Kier molecular flexibility index (Phi) is 1.92. The van der Waals surface area contributed by atoms with Crippen LogP contribution in [-0.4, -0.2) is 9.38 Å². The maximum absolute atomic E-state index is 12.9. The highest BCUT2D eigenvalue weighted by Gasteiger charge is 2.07. The van der Waals surface area contributed by atoms with Gasteiger partial charge in [-0.15, -0.1) is 0 Å². The van der Waals surface area contributed by atoms with Crippen molar-refractivity contribution < 1.29 is 4.39 Å². The quantitative estimate of drug-likeness (QED) is 0.695. The highest BCUT2D eigenvalue weighted by atomic mass is 127. The van der Waals surface area contributed by atoms with Gasteiger partial charge in [-0.2, -0.15) is 5.26 Å². The van der Waals surface area contributed by atoms with Gasteiger partial charge in [0.05, 0.1) is 11.8 Å². The van der Waals surface area contributed by atoms with E-state index >= 15 is 0 Å². The number of hydrogen-bond donors (Lipinski definition) is 0. The Hall–Kier alpha value is -1.16. The van der Waals surface area contributed by atoms with Crippen LogP contribution in [0.2, 0.25) is 0 Å². The second kappa shape index (κ2) is 2.96. The molecular weight excluding hydrogens is 284 g/mol. The largest absolute Gasteiger partial charge is 0.291 e. The third kappa shape index (κ3) is 1.27. The number of halogens is 2. The predicted molar refractivity (Wildman–Crippen MR) is 52.6 cm³/mol. The van der Waals surface area contributed by atoms with Crippen molar-refractivity contribution in [3.63, 3.8) is 0 Å². The Bertz CT molecular complexity index is 512. The summed E-state index contributed by atoms with van der Waals surface area (Å²) in [6.07, 6.45) is 2.90. The van der Waals surface area contributed by atoms with Crippen molar-refractivity contribution in [2.45, 2.75) is 0 Å². The fraction of sp³-hybridized carbons (Fsp3) is 0. The second-order valence-electron chi connectivity index (χ2n) is 2.46. The number of rotatable bonds is 0. The van der Waals surface area contributed by atoms with Gasteiger partial charge in [0.2, 0.25) is 0 Å². The summed E-state index contributed by atoms with van der Waals surface area (Å²) in [5.74, 6) is -0.431. The minimum Gasteiger partial charge on any atom is -0.291 e. The molecule has 2 aromatic rings. The monoisotopic (exact) mass is 287 g/mol. The average Bonchev–Trinajstić information content (AvgIpc) is 2.47. The lowest BCUT2D eigenvalue weighted by atomic mass is 10.3. The standard InChI is InChI=1S/C8H3FIN3/c9-6-1-5(2-11)8-12-3-7(10)13(8)4-6/h1,3-4H. The molecule has 0 saturated carbocycles. The molecule has 0 aliphatic carbocycles. The number of pyridine rings is 1. The molecule has 0 N–H and O–H groups in total. The zero-order valence-electron chi connectivity index (χ0n) is 6.33. The molecule has 0 amide bonds. The van der Waals surface area contributed by atoms with Gasteiger partial charge in [-0.1, -0.05) is 0 Å². The summed E-state index contributed by atoms with van der Waals surface area (Å²) in [6.45, 7) is 0. The van der Waals surface area contributed by atoms with Crippen molar-refractivity contribution in [2.24, 2.45) is 0 Å². The van der Waals surface area contributed by atoms with Crippen LogP contribution in [0.4, 0.5) is 4.39 Å². The third-order valence-corrected chi connectivity index (χ3v) is 2.45. The Morgan fingerprint density at radius 3 is 3.08 bits per heavy atom. The van der Waals surface area contributed by atoms with E-state index in [1.807, 2.05) is 28.7 Å². The van der Waals surface area contributed by atoms with E-state index in [-0.39, 0.29) is 5.56 Å². The van der Waals surface area contributed by atoms with E-state index in [0.717, 1.165) is 3.70 Å². The summed E-state index contributed by atoms with van der Waals surface area (Å²) >= 11 is 2.03. The first kappa shape index (κ1) is 8.44. The smallest absolute Gasteiger partial charge is 0.155 e. The molecule has 2 rings (SSSR count). The molecule has 0 spiro atoms. The number of nitriles is 1. The molecule has 0 aromatic carbocycles. The summed E-state index contributed by atoms with van der Waals surface area (Å²) < 4.78 is 15.3. The van der Waals surface area contributed by atoms with Crippen molar-refractivity contribution >= 4 is 28.2 Å². The highest BCUT2D eigenvalue weighted by molar-refractivity contribution is 14.1. The first-order valence-corrected chi connectivity index (χ1v) is 4.52. The van der Waals surface area contributed by atoms with Crippen LogP contribution < -0.4 is 0 Å². The Labute approximate surface area is 87.0 Å². The van der Waals surface area contributed by atoms with Crippen LogP contribution in [0.3, 0.4) is 0 Å². The maximum atomic E-state index is 12.9. The van der Waals surface area contributed by atoms with Gasteiger partial charge < -0.3 is 0 Å². The molecule has 0 atom stereocenters. The molecule has 5 heteroatoms. The number of nitrogens with zero attached hydrogens (tertiary/aromatic N) is 3. The van der Waals surface area contributed by atoms with E-state index in [1.54, 1.807) is 10.6 Å². The lowest BCUT2D eigenvalue weighted by Gasteiger charge is -1.96. The maximum Gasteiger partial charge on any atom is 0.155 e. The molecule has 0 bridgehead atoms. The minimum absolute atomic E-state index is 0.253. The van der Waals surface area contributed by atoms with Gasteiger partial charge in [0.25, 0.3) is 0 Å². The van der Waals surface area contributed by atoms with E-state index in [0.29, 0.717) is 5.65 Å². The molecule has 0 unspecified atom stereocenters. The normalized spacial score (nSPS) is 10.2. The van der Waals surface area contributed by atoms with Gasteiger partial charge in [0.1, 0.15) is 15.6 Å². The van der Waals surface area contributed by atoms with Gasteiger partial charge in [-0.25, -0.2) is 9.37 Å². The molecule has 2 aromatic heterocycles. The van der Waals surface area contributed by atoms with E-state index in [2.05, 4.69) is 4.98 Å². The highest BCUT2D eigenvalue weighted by Crippen LogP contribution is 2.14. The number of hydrogen-bond acceptors (Lipinski definition) is 2. The van der Waals surface area contributed by atoms with Crippen LogP contribution >= 0.6 is 22.6 Å². The molecule has 3 nitrogen and oxygen atoms in total. The van der Waals surface area contributed by atoms with Crippen molar-refractivity contribution in [2.75, 3.05) is 0 Å². The van der Waals surface area contributed by atoms with Gasteiger partial charge in [0, 0.05) is 6.20 Å². The first-order chi connectivity index (χ1) is 6.22. The van der Waals surface area contributed by atoms with E-state index < -0.39 is 5.82 Å². The topological polar surface area (TPSA) is 41.1 Å². The Morgan fingerprint density at radius 1 is 1.62 bits per heavy atom. The van der Waals surface area contributed by atoms with Crippen LogP contribution in [-0.2, 0) is 0 Å². The Balaban J connectivity index is 2.94. The lowest BCUT2D eigenvalue weighted by Crippen LogP contribution is -1.92. The SMILES string of the molecule is N#Cc1cc(F)cn2c(I)cnc12. The van der Waals surface area contributed by atoms with E-state index in [4.69, 9.17) is 5.26 Å². The molecule has 64 valence electrons. The van der Waals surface area contributed by atoms with Crippen molar-refractivity contribution in [3.8, 4) is 6.07 Å². The summed E-state index contributed by atoms with van der Waals surface area (Å²) in [5, 5.41) is 8.70. The van der Waals surface area contributed by atoms with Gasteiger partial charge in [-0.3, -0.25) is 4.40 Å². The summed E-state index contributed by atoms with van der Waals surface area (Å²) in [5.41, 5.74) is 0.746. The fourth-order valence-electron chi connectivity index (χ4n) is 1.11. The van der Waals surface area contributed by atoms with Crippen LogP contribution in [0.1, 0.15) is 5.56 Å². The molecule has 0 aliphatic rings. The molecule has 0 radical (unpaired) electrons. The van der Waals surface area contributed by atoms with E-state index in [9.17, 15) is 4.39 Å². The van der Waals surface area contributed by atoms with Crippen LogP contribution in [0, 0.1) is 20.8 Å². The van der Waals surface area contributed by atoms with Gasteiger partial charge >= 0.3 is 0 Å².